The molecule has 0 unspecified atom stereocenters. The van der Waals surface area contributed by atoms with Gasteiger partial charge >= 0.3 is 0 Å². The van der Waals surface area contributed by atoms with Crippen LogP contribution in [0, 0.1) is 5.92 Å². The number of nitrogen functional groups attached to an aromatic ring is 1. The number of piperidine rings is 1. The Morgan fingerprint density at radius 3 is 2.32 bits per heavy atom. The summed E-state index contributed by atoms with van der Waals surface area (Å²) >= 11 is 0. The van der Waals surface area contributed by atoms with Crippen molar-refractivity contribution in [3.8, 4) is 0 Å². The van der Waals surface area contributed by atoms with Crippen LogP contribution in [0.2, 0.25) is 0 Å². The fourth-order valence-corrected chi connectivity index (χ4v) is 5.20. The number of nitrogens with zero attached hydrogens (tertiary/aromatic N) is 2. The fraction of sp³-hybridized carbons (Fsp3) is 0.409. The van der Waals surface area contributed by atoms with Gasteiger partial charge in [0.05, 0.1) is 18.0 Å². The molecular weight excluding hydrogens is 416 g/mol. The number of aliphatic hydroxyl groups is 1. The molecule has 1 aliphatic rings. The van der Waals surface area contributed by atoms with Crippen molar-refractivity contribution in [2.24, 2.45) is 11.8 Å². The SMILES string of the molecule is NNC(=O)c1ccc(CN(c2ccccc2)S(=O)(=O)CCN2CCC(CO)CC2)cc1. The van der Waals surface area contributed by atoms with Crippen LogP contribution in [0.1, 0.15) is 28.8 Å². The number of carbonyl (C=O) groups is 1. The minimum absolute atomic E-state index is 0.0132. The van der Waals surface area contributed by atoms with Crippen LogP contribution < -0.4 is 15.6 Å². The number of hydrogen-bond donors (Lipinski definition) is 3. The quantitative estimate of drug-likeness (QED) is 0.304. The largest absolute Gasteiger partial charge is 0.396 e. The van der Waals surface area contributed by atoms with Gasteiger partial charge in [-0.2, -0.15) is 0 Å². The zero-order valence-electron chi connectivity index (χ0n) is 17.5. The van der Waals surface area contributed by atoms with E-state index in [-0.39, 0.29) is 18.9 Å². The summed E-state index contributed by atoms with van der Waals surface area (Å²) in [6, 6.07) is 15.7. The molecule has 31 heavy (non-hydrogen) atoms. The van der Waals surface area contributed by atoms with Gasteiger partial charge in [-0.1, -0.05) is 30.3 Å². The number of carbonyl (C=O) groups excluding carboxylic acids is 1. The molecule has 1 fully saturated rings. The molecular formula is C22H30N4O4S. The van der Waals surface area contributed by atoms with Crippen molar-refractivity contribution in [2.75, 3.05) is 36.3 Å². The average Bonchev–Trinajstić information content (AvgIpc) is 2.82. The lowest BCUT2D eigenvalue weighted by molar-refractivity contribution is 0.0953. The number of anilines is 1. The summed E-state index contributed by atoms with van der Waals surface area (Å²) in [6.07, 6.45) is 1.78. The van der Waals surface area contributed by atoms with E-state index in [2.05, 4.69) is 10.3 Å². The highest BCUT2D eigenvalue weighted by Gasteiger charge is 2.25. The molecule has 0 aliphatic carbocycles. The Bertz CT molecular complexity index is 943. The van der Waals surface area contributed by atoms with Crippen LogP contribution in [0.3, 0.4) is 0 Å². The fourth-order valence-electron chi connectivity index (χ4n) is 3.70. The predicted octanol–water partition coefficient (Wildman–Crippen LogP) is 1.33. The lowest BCUT2D eigenvalue weighted by atomic mass is 9.98. The van der Waals surface area contributed by atoms with Crippen LogP contribution in [-0.4, -0.2) is 56.3 Å². The Morgan fingerprint density at radius 1 is 1.10 bits per heavy atom. The Labute approximate surface area is 183 Å². The molecule has 3 rings (SSSR count). The Balaban J connectivity index is 1.73. The first-order valence-corrected chi connectivity index (χ1v) is 12.0. The van der Waals surface area contributed by atoms with Crippen LogP contribution >= 0.6 is 0 Å². The number of likely N-dealkylation sites (tertiary alicyclic amines) is 1. The third-order valence-corrected chi connectivity index (χ3v) is 7.39. The normalized spacial score (nSPS) is 15.5. The first kappa shape index (κ1) is 23.2. The lowest BCUT2D eigenvalue weighted by Crippen LogP contribution is -2.41. The minimum atomic E-state index is -3.58. The second kappa shape index (κ2) is 10.7. The van der Waals surface area contributed by atoms with Crippen molar-refractivity contribution in [1.29, 1.82) is 0 Å². The van der Waals surface area contributed by atoms with E-state index >= 15 is 0 Å². The highest BCUT2D eigenvalue weighted by atomic mass is 32.2. The van der Waals surface area contributed by atoms with Gasteiger partial charge in [0.2, 0.25) is 10.0 Å². The molecule has 4 N–H and O–H groups in total. The molecule has 9 heteroatoms. The van der Waals surface area contributed by atoms with Crippen molar-refractivity contribution in [2.45, 2.75) is 19.4 Å². The van der Waals surface area contributed by atoms with E-state index in [1.165, 1.54) is 4.31 Å². The van der Waals surface area contributed by atoms with E-state index in [4.69, 9.17) is 5.84 Å². The first-order valence-electron chi connectivity index (χ1n) is 10.4. The maximum Gasteiger partial charge on any atom is 0.265 e. The average molecular weight is 447 g/mol. The van der Waals surface area contributed by atoms with Gasteiger partial charge in [0, 0.05) is 18.7 Å². The van der Waals surface area contributed by atoms with Crippen LogP contribution in [0.15, 0.2) is 54.6 Å². The Hall–Kier alpha value is -2.46. The topological polar surface area (TPSA) is 116 Å². The van der Waals surface area contributed by atoms with Crippen LogP contribution in [0.4, 0.5) is 5.69 Å². The Morgan fingerprint density at radius 2 is 1.74 bits per heavy atom. The smallest absolute Gasteiger partial charge is 0.265 e. The number of hydrogen-bond acceptors (Lipinski definition) is 6. The molecule has 2 aromatic rings. The number of amides is 1. The summed E-state index contributed by atoms with van der Waals surface area (Å²) in [5.74, 6) is 5.09. The molecule has 0 saturated carbocycles. The van der Waals surface area contributed by atoms with Gasteiger partial charge in [-0.3, -0.25) is 14.5 Å². The number of rotatable bonds is 9. The van der Waals surface area contributed by atoms with E-state index in [0.717, 1.165) is 31.5 Å². The third-order valence-electron chi connectivity index (χ3n) is 5.68. The van der Waals surface area contributed by atoms with Crippen LogP contribution in [0.5, 0.6) is 0 Å². The van der Waals surface area contributed by atoms with E-state index < -0.39 is 15.9 Å². The summed E-state index contributed by atoms with van der Waals surface area (Å²) in [5, 5.41) is 9.29. The summed E-state index contributed by atoms with van der Waals surface area (Å²) < 4.78 is 28.0. The number of nitrogens with one attached hydrogen (secondary N) is 1. The molecule has 0 aromatic heterocycles. The summed E-state index contributed by atoms with van der Waals surface area (Å²) in [7, 11) is -3.58. The highest BCUT2D eigenvalue weighted by Crippen LogP contribution is 2.22. The molecule has 0 bridgehead atoms. The van der Waals surface area contributed by atoms with E-state index in [1.54, 1.807) is 36.4 Å². The molecule has 1 saturated heterocycles. The standard InChI is InChI=1S/C22H30N4O4S/c23-24-22(28)20-8-6-18(7-9-20)16-26(21-4-2-1-3-5-21)31(29,30)15-14-25-12-10-19(17-27)11-13-25/h1-9,19,27H,10-17,23H2,(H,24,28). The van der Waals surface area contributed by atoms with Gasteiger partial charge in [0.25, 0.3) is 5.91 Å². The van der Waals surface area contributed by atoms with E-state index in [1.807, 2.05) is 18.2 Å². The maximum atomic E-state index is 13.3. The van der Waals surface area contributed by atoms with E-state index in [0.29, 0.717) is 23.7 Å². The second-order valence-corrected chi connectivity index (χ2v) is 9.81. The van der Waals surface area contributed by atoms with Gasteiger partial charge in [0.1, 0.15) is 0 Å². The molecule has 1 aliphatic heterocycles. The molecule has 0 radical (unpaired) electrons. The van der Waals surface area contributed by atoms with Crippen molar-refractivity contribution < 1.29 is 18.3 Å². The van der Waals surface area contributed by atoms with Crippen LogP contribution in [-0.2, 0) is 16.6 Å². The number of para-hydroxylation sites is 1. The first-order chi connectivity index (χ1) is 14.9. The van der Waals surface area contributed by atoms with Crippen molar-refractivity contribution in [1.82, 2.24) is 10.3 Å². The molecule has 168 valence electrons. The van der Waals surface area contributed by atoms with Crippen molar-refractivity contribution >= 4 is 21.6 Å². The van der Waals surface area contributed by atoms with Crippen molar-refractivity contribution in [3.63, 3.8) is 0 Å². The molecule has 8 nitrogen and oxygen atoms in total. The molecule has 0 atom stereocenters. The molecule has 0 spiro atoms. The highest BCUT2D eigenvalue weighted by molar-refractivity contribution is 7.92. The second-order valence-electron chi connectivity index (χ2n) is 7.80. The Kier molecular flexibility index (Phi) is 8.03. The predicted molar refractivity (Wildman–Crippen MR) is 121 cm³/mol. The molecule has 2 aromatic carbocycles. The monoisotopic (exact) mass is 446 g/mol. The summed E-state index contributed by atoms with van der Waals surface area (Å²) in [6.45, 7) is 2.43. The van der Waals surface area contributed by atoms with Gasteiger partial charge in [-0.15, -0.1) is 0 Å². The summed E-state index contributed by atoms with van der Waals surface area (Å²) in [5.41, 5.74) is 3.86. The van der Waals surface area contributed by atoms with Gasteiger partial charge in [0.15, 0.2) is 0 Å². The zero-order valence-corrected chi connectivity index (χ0v) is 18.3. The number of benzene rings is 2. The van der Waals surface area contributed by atoms with E-state index in [9.17, 15) is 18.3 Å². The van der Waals surface area contributed by atoms with Crippen LogP contribution in [0.25, 0.3) is 0 Å². The van der Waals surface area contributed by atoms with Crippen molar-refractivity contribution in [3.05, 3.63) is 65.7 Å². The van der Waals surface area contributed by atoms with Gasteiger partial charge in [-0.25, -0.2) is 14.3 Å². The minimum Gasteiger partial charge on any atom is -0.396 e. The third kappa shape index (κ3) is 6.27. The number of nitrogens with two attached hydrogens (primary N) is 1. The number of hydrazine groups is 1. The zero-order chi connectivity index (χ0) is 22.3. The number of sulfonamides is 1. The molecule has 1 heterocycles. The molecule has 1 amide bonds. The lowest BCUT2D eigenvalue weighted by Gasteiger charge is -2.32. The maximum absolute atomic E-state index is 13.3. The summed E-state index contributed by atoms with van der Waals surface area (Å²) in [4.78, 5) is 13.8. The number of aliphatic hydroxyl groups excluding tert-OH is 1. The van der Waals surface area contributed by atoms with Gasteiger partial charge < -0.3 is 10.0 Å². The van der Waals surface area contributed by atoms with Gasteiger partial charge in [-0.05, 0) is 61.7 Å².